The first-order valence-corrected chi connectivity index (χ1v) is 8.11. The van der Waals surface area contributed by atoms with Gasteiger partial charge in [0, 0.05) is 19.3 Å². The van der Waals surface area contributed by atoms with Gasteiger partial charge in [-0.2, -0.15) is 5.10 Å². The summed E-state index contributed by atoms with van der Waals surface area (Å²) >= 11 is 0. The van der Waals surface area contributed by atoms with E-state index < -0.39 is 0 Å². The zero-order chi connectivity index (χ0) is 17.5. The molecule has 7 heteroatoms. The molecule has 0 saturated heterocycles. The Morgan fingerprint density at radius 3 is 2.56 bits per heavy atom. The third-order valence-corrected chi connectivity index (χ3v) is 3.57. The fourth-order valence-corrected chi connectivity index (χ4v) is 2.32. The molecule has 2 aromatic heterocycles. The van der Waals surface area contributed by atoms with Crippen LogP contribution in [0.4, 0.5) is 5.82 Å². The molecule has 1 amide bonds. The normalized spacial score (nSPS) is 10.4. The second kappa shape index (κ2) is 8.05. The monoisotopic (exact) mass is 336 g/mol. The van der Waals surface area contributed by atoms with Crippen LogP contribution < -0.4 is 10.6 Å². The first kappa shape index (κ1) is 16.6. The van der Waals surface area contributed by atoms with Gasteiger partial charge in [-0.3, -0.25) is 4.79 Å². The maximum atomic E-state index is 11.9. The predicted octanol–water partition coefficient (Wildman–Crippen LogP) is 1.74. The Labute approximate surface area is 146 Å². The molecule has 0 fully saturated rings. The number of carbonyl (C=O) groups excluding carboxylic acids is 1. The highest BCUT2D eigenvalue weighted by Crippen LogP contribution is 2.06. The molecule has 0 aliphatic rings. The lowest BCUT2D eigenvalue weighted by Crippen LogP contribution is -2.30. The summed E-state index contributed by atoms with van der Waals surface area (Å²) in [6, 6.07) is 15.3. The van der Waals surface area contributed by atoms with Crippen LogP contribution in [0, 0.1) is 6.92 Å². The van der Waals surface area contributed by atoms with Crippen LogP contribution in [0.5, 0.6) is 0 Å². The Bertz CT molecular complexity index is 813. The van der Waals surface area contributed by atoms with E-state index >= 15 is 0 Å². The number of benzene rings is 1. The highest BCUT2D eigenvalue weighted by atomic mass is 16.1. The molecule has 0 aliphatic carbocycles. The standard InChI is InChI=1S/C18H20N6O/c1-14-9-12-24(23-14)17-8-7-16(21-22-17)19-10-11-20-18(25)13-15-5-3-2-4-6-15/h2-9,12H,10-11,13H2,1H3,(H,19,21)(H,20,25). The molecule has 0 saturated carbocycles. The fourth-order valence-electron chi connectivity index (χ4n) is 2.32. The van der Waals surface area contributed by atoms with E-state index in [-0.39, 0.29) is 5.91 Å². The quantitative estimate of drug-likeness (QED) is 0.642. The lowest BCUT2D eigenvalue weighted by atomic mass is 10.1. The molecule has 0 unspecified atom stereocenters. The molecule has 3 rings (SSSR count). The Kier molecular flexibility index (Phi) is 5.36. The van der Waals surface area contributed by atoms with Crippen molar-refractivity contribution in [3.05, 3.63) is 66.0 Å². The van der Waals surface area contributed by atoms with E-state index in [0.717, 1.165) is 11.3 Å². The summed E-state index contributed by atoms with van der Waals surface area (Å²) in [6.07, 6.45) is 2.23. The average molecular weight is 336 g/mol. The Hall–Kier alpha value is -3.22. The van der Waals surface area contributed by atoms with Crippen LogP contribution in [0.25, 0.3) is 5.82 Å². The van der Waals surface area contributed by atoms with Crippen LogP contribution in [-0.2, 0) is 11.2 Å². The number of hydrogen-bond acceptors (Lipinski definition) is 5. The second-order valence-corrected chi connectivity index (χ2v) is 5.62. The number of amides is 1. The van der Waals surface area contributed by atoms with E-state index in [1.807, 2.05) is 61.7 Å². The molecule has 0 bridgehead atoms. The molecule has 2 N–H and O–H groups in total. The van der Waals surface area contributed by atoms with Gasteiger partial charge in [0.2, 0.25) is 5.91 Å². The SMILES string of the molecule is Cc1ccn(-c2ccc(NCCNC(=O)Cc3ccccc3)nn2)n1. The van der Waals surface area contributed by atoms with Gasteiger partial charge in [-0.25, -0.2) is 4.68 Å². The Morgan fingerprint density at radius 1 is 1.04 bits per heavy atom. The summed E-state index contributed by atoms with van der Waals surface area (Å²) in [5.41, 5.74) is 1.93. The number of anilines is 1. The molecule has 0 radical (unpaired) electrons. The third-order valence-electron chi connectivity index (χ3n) is 3.57. The number of carbonyl (C=O) groups is 1. The minimum Gasteiger partial charge on any atom is -0.367 e. The van der Waals surface area contributed by atoms with Crippen molar-refractivity contribution in [1.82, 2.24) is 25.3 Å². The van der Waals surface area contributed by atoms with E-state index in [1.165, 1.54) is 0 Å². The highest BCUT2D eigenvalue weighted by molar-refractivity contribution is 5.78. The molecule has 128 valence electrons. The molecule has 25 heavy (non-hydrogen) atoms. The van der Waals surface area contributed by atoms with Crippen molar-refractivity contribution < 1.29 is 4.79 Å². The fraction of sp³-hybridized carbons (Fsp3) is 0.222. The van der Waals surface area contributed by atoms with Crippen molar-refractivity contribution in [3.8, 4) is 5.82 Å². The van der Waals surface area contributed by atoms with Gasteiger partial charge >= 0.3 is 0 Å². The number of hydrogen-bond donors (Lipinski definition) is 2. The first-order valence-electron chi connectivity index (χ1n) is 8.11. The van der Waals surface area contributed by atoms with E-state index in [2.05, 4.69) is 25.9 Å². The zero-order valence-electron chi connectivity index (χ0n) is 14.0. The lowest BCUT2D eigenvalue weighted by Gasteiger charge is -2.07. The van der Waals surface area contributed by atoms with E-state index in [4.69, 9.17) is 0 Å². The first-order chi connectivity index (χ1) is 12.2. The van der Waals surface area contributed by atoms with Crippen LogP contribution in [0.15, 0.2) is 54.7 Å². The van der Waals surface area contributed by atoms with E-state index in [9.17, 15) is 4.79 Å². The highest BCUT2D eigenvalue weighted by Gasteiger charge is 2.03. The van der Waals surface area contributed by atoms with E-state index in [1.54, 1.807) is 4.68 Å². The van der Waals surface area contributed by atoms with Crippen LogP contribution in [0.1, 0.15) is 11.3 Å². The van der Waals surface area contributed by atoms with Gasteiger partial charge in [0.25, 0.3) is 0 Å². The van der Waals surface area contributed by atoms with Crippen molar-refractivity contribution in [1.29, 1.82) is 0 Å². The summed E-state index contributed by atoms with van der Waals surface area (Å²) in [5.74, 6) is 1.32. The van der Waals surface area contributed by atoms with Gasteiger partial charge in [-0.15, -0.1) is 10.2 Å². The molecule has 0 spiro atoms. The van der Waals surface area contributed by atoms with Crippen LogP contribution in [0.3, 0.4) is 0 Å². The summed E-state index contributed by atoms with van der Waals surface area (Å²) in [4.78, 5) is 11.9. The van der Waals surface area contributed by atoms with Gasteiger partial charge in [0.05, 0.1) is 12.1 Å². The maximum absolute atomic E-state index is 11.9. The molecular formula is C18H20N6O. The minimum absolute atomic E-state index is 0.00323. The third kappa shape index (κ3) is 4.87. The smallest absolute Gasteiger partial charge is 0.224 e. The van der Waals surface area contributed by atoms with Gasteiger partial charge in [0.15, 0.2) is 5.82 Å². The summed E-state index contributed by atoms with van der Waals surface area (Å²) in [6.45, 7) is 3.02. The summed E-state index contributed by atoms with van der Waals surface area (Å²) in [5, 5.41) is 18.5. The van der Waals surface area contributed by atoms with Crippen molar-refractivity contribution in [3.63, 3.8) is 0 Å². The lowest BCUT2D eigenvalue weighted by molar-refractivity contribution is -0.120. The number of aromatic nitrogens is 4. The predicted molar refractivity (Wildman–Crippen MR) is 95.5 cm³/mol. The van der Waals surface area contributed by atoms with Crippen LogP contribution >= 0.6 is 0 Å². The molecule has 1 aromatic carbocycles. The van der Waals surface area contributed by atoms with Gasteiger partial charge < -0.3 is 10.6 Å². The number of nitrogens with one attached hydrogen (secondary N) is 2. The summed E-state index contributed by atoms with van der Waals surface area (Å²) in [7, 11) is 0. The Morgan fingerprint density at radius 2 is 1.88 bits per heavy atom. The zero-order valence-corrected chi connectivity index (χ0v) is 14.0. The Balaban J connectivity index is 1.41. The molecular weight excluding hydrogens is 316 g/mol. The van der Waals surface area contributed by atoms with E-state index in [0.29, 0.717) is 31.1 Å². The van der Waals surface area contributed by atoms with Crippen molar-refractivity contribution in [2.75, 3.05) is 18.4 Å². The largest absolute Gasteiger partial charge is 0.367 e. The molecule has 3 aromatic rings. The second-order valence-electron chi connectivity index (χ2n) is 5.62. The van der Waals surface area contributed by atoms with Gasteiger partial charge in [-0.05, 0) is 30.7 Å². The van der Waals surface area contributed by atoms with Crippen molar-refractivity contribution >= 4 is 11.7 Å². The number of aryl methyl sites for hydroxylation is 1. The average Bonchev–Trinajstić information content (AvgIpc) is 3.06. The van der Waals surface area contributed by atoms with Crippen LogP contribution in [-0.4, -0.2) is 39.0 Å². The molecule has 0 aliphatic heterocycles. The summed E-state index contributed by atoms with van der Waals surface area (Å²) < 4.78 is 1.68. The molecule has 7 nitrogen and oxygen atoms in total. The van der Waals surface area contributed by atoms with Crippen LogP contribution in [0.2, 0.25) is 0 Å². The topological polar surface area (TPSA) is 84.7 Å². The van der Waals surface area contributed by atoms with Crippen molar-refractivity contribution in [2.24, 2.45) is 0 Å². The molecule has 2 heterocycles. The maximum Gasteiger partial charge on any atom is 0.224 e. The number of rotatable bonds is 7. The van der Waals surface area contributed by atoms with Gasteiger partial charge in [-0.1, -0.05) is 30.3 Å². The van der Waals surface area contributed by atoms with Crippen molar-refractivity contribution in [2.45, 2.75) is 13.3 Å². The number of nitrogens with zero attached hydrogens (tertiary/aromatic N) is 4. The minimum atomic E-state index is 0.00323. The molecule has 0 atom stereocenters. The van der Waals surface area contributed by atoms with Gasteiger partial charge in [0.1, 0.15) is 5.82 Å².